The van der Waals surface area contributed by atoms with Crippen LogP contribution >= 0.6 is 0 Å². The zero-order chi connectivity index (χ0) is 14.7. The van der Waals surface area contributed by atoms with E-state index in [9.17, 15) is 0 Å². The molecule has 0 fully saturated rings. The number of aryl methyl sites for hydroxylation is 1. The number of benzene rings is 1. The van der Waals surface area contributed by atoms with Gasteiger partial charge in [-0.05, 0) is 18.6 Å². The normalized spacial score (nSPS) is 10.4. The average molecular weight is 276 g/mol. The van der Waals surface area contributed by atoms with Crippen LogP contribution in [0.25, 0.3) is 22.6 Å². The molecule has 0 aliphatic rings. The fraction of sp³-hybridized carbons (Fsp3) is 0.118. The molecule has 0 saturated heterocycles. The second kappa shape index (κ2) is 5.71. The second-order valence-corrected chi connectivity index (χ2v) is 4.77. The SMILES string of the molecule is CNc1cc(-c2ccncc2C)nc(-c2ccccc2)n1. The lowest BCUT2D eigenvalue weighted by atomic mass is 10.1. The van der Waals surface area contributed by atoms with Crippen molar-refractivity contribution in [3.05, 3.63) is 60.4 Å². The third-order valence-corrected chi connectivity index (χ3v) is 3.31. The first-order valence-corrected chi connectivity index (χ1v) is 6.81. The van der Waals surface area contributed by atoms with E-state index in [0.29, 0.717) is 5.82 Å². The predicted molar refractivity (Wildman–Crippen MR) is 85.0 cm³/mol. The van der Waals surface area contributed by atoms with Crippen molar-refractivity contribution in [3.63, 3.8) is 0 Å². The Labute approximate surface area is 123 Å². The molecule has 21 heavy (non-hydrogen) atoms. The fourth-order valence-corrected chi connectivity index (χ4v) is 2.19. The van der Waals surface area contributed by atoms with Crippen LogP contribution in [0.4, 0.5) is 5.82 Å². The summed E-state index contributed by atoms with van der Waals surface area (Å²) < 4.78 is 0. The molecule has 4 heteroatoms. The quantitative estimate of drug-likeness (QED) is 0.794. The molecule has 1 aromatic carbocycles. The molecule has 0 aliphatic heterocycles. The summed E-state index contributed by atoms with van der Waals surface area (Å²) in [6.45, 7) is 2.03. The van der Waals surface area contributed by atoms with Crippen molar-refractivity contribution in [2.45, 2.75) is 6.92 Å². The number of hydrogen-bond acceptors (Lipinski definition) is 4. The lowest BCUT2D eigenvalue weighted by molar-refractivity contribution is 1.16. The Kier molecular flexibility index (Phi) is 3.60. The summed E-state index contributed by atoms with van der Waals surface area (Å²) in [5.74, 6) is 1.52. The van der Waals surface area contributed by atoms with Gasteiger partial charge in [-0.15, -0.1) is 0 Å². The summed E-state index contributed by atoms with van der Waals surface area (Å²) >= 11 is 0. The molecule has 2 heterocycles. The van der Waals surface area contributed by atoms with Crippen LogP contribution in [0.1, 0.15) is 5.56 Å². The molecule has 0 radical (unpaired) electrons. The molecular weight excluding hydrogens is 260 g/mol. The highest BCUT2D eigenvalue weighted by atomic mass is 15.0. The lowest BCUT2D eigenvalue weighted by Crippen LogP contribution is -1.99. The molecule has 0 saturated carbocycles. The molecule has 4 nitrogen and oxygen atoms in total. The van der Waals surface area contributed by atoms with Gasteiger partial charge in [-0.2, -0.15) is 0 Å². The molecule has 2 aromatic heterocycles. The molecule has 104 valence electrons. The van der Waals surface area contributed by atoms with Crippen LogP contribution in [0.5, 0.6) is 0 Å². The van der Waals surface area contributed by atoms with Crippen LogP contribution in [0.3, 0.4) is 0 Å². The third kappa shape index (κ3) is 2.74. The number of nitrogens with one attached hydrogen (secondary N) is 1. The van der Waals surface area contributed by atoms with Gasteiger partial charge >= 0.3 is 0 Å². The maximum atomic E-state index is 4.70. The summed E-state index contributed by atoms with van der Waals surface area (Å²) in [7, 11) is 1.86. The first-order valence-electron chi connectivity index (χ1n) is 6.81. The Morgan fingerprint density at radius 1 is 1.00 bits per heavy atom. The smallest absolute Gasteiger partial charge is 0.162 e. The number of nitrogens with zero attached hydrogens (tertiary/aromatic N) is 3. The molecule has 0 bridgehead atoms. The third-order valence-electron chi connectivity index (χ3n) is 3.31. The number of aromatic nitrogens is 3. The fourth-order valence-electron chi connectivity index (χ4n) is 2.19. The molecule has 3 rings (SSSR count). The maximum Gasteiger partial charge on any atom is 0.162 e. The van der Waals surface area contributed by atoms with Crippen LogP contribution in [0.15, 0.2) is 54.9 Å². The van der Waals surface area contributed by atoms with Crippen molar-refractivity contribution in [3.8, 4) is 22.6 Å². The van der Waals surface area contributed by atoms with Crippen LogP contribution in [-0.4, -0.2) is 22.0 Å². The first-order chi connectivity index (χ1) is 10.3. The van der Waals surface area contributed by atoms with Crippen molar-refractivity contribution in [1.29, 1.82) is 0 Å². The Morgan fingerprint density at radius 3 is 2.52 bits per heavy atom. The van der Waals surface area contributed by atoms with E-state index in [2.05, 4.69) is 15.3 Å². The van der Waals surface area contributed by atoms with Gasteiger partial charge in [0.15, 0.2) is 5.82 Å². The van der Waals surface area contributed by atoms with E-state index in [1.165, 1.54) is 0 Å². The minimum Gasteiger partial charge on any atom is -0.373 e. The standard InChI is InChI=1S/C17H16N4/c1-12-11-19-9-8-14(12)15-10-16(18-2)21-17(20-15)13-6-4-3-5-7-13/h3-11H,1-2H3,(H,18,20,21). The minimum absolute atomic E-state index is 0.716. The van der Waals surface area contributed by atoms with E-state index in [-0.39, 0.29) is 0 Å². The van der Waals surface area contributed by atoms with Gasteiger partial charge in [-0.1, -0.05) is 30.3 Å². The molecule has 0 unspecified atom stereocenters. The van der Waals surface area contributed by atoms with E-state index in [1.807, 2.05) is 62.6 Å². The van der Waals surface area contributed by atoms with E-state index >= 15 is 0 Å². The van der Waals surface area contributed by atoms with E-state index in [0.717, 1.165) is 28.2 Å². The first kappa shape index (κ1) is 13.2. The van der Waals surface area contributed by atoms with Gasteiger partial charge in [0.05, 0.1) is 5.69 Å². The number of hydrogen-bond donors (Lipinski definition) is 1. The van der Waals surface area contributed by atoms with Crippen LogP contribution < -0.4 is 5.32 Å². The predicted octanol–water partition coefficient (Wildman–Crippen LogP) is 3.56. The Bertz CT molecular complexity index is 754. The highest BCUT2D eigenvalue weighted by Crippen LogP contribution is 2.25. The van der Waals surface area contributed by atoms with Crippen molar-refractivity contribution >= 4 is 5.82 Å². The molecule has 0 spiro atoms. The largest absolute Gasteiger partial charge is 0.373 e. The summed E-state index contributed by atoms with van der Waals surface area (Å²) in [4.78, 5) is 13.4. The van der Waals surface area contributed by atoms with Crippen molar-refractivity contribution in [2.75, 3.05) is 12.4 Å². The molecule has 0 aliphatic carbocycles. The summed E-state index contributed by atoms with van der Waals surface area (Å²) in [5, 5.41) is 3.10. The topological polar surface area (TPSA) is 50.7 Å². The summed E-state index contributed by atoms with van der Waals surface area (Å²) in [6.07, 6.45) is 3.63. The van der Waals surface area contributed by atoms with Gasteiger partial charge in [0, 0.05) is 36.6 Å². The Hall–Kier alpha value is -2.75. The van der Waals surface area contributed by atoms with Gasteiger partial charge in [0.25, 0.3) is 0 Å². The lowest BCUT2D eigenvalue weighted by Gasteiger charge is -2.09. The highest BCUT2D eigenvalue weighted by molar-refractivity contribution is 5.69. The molecule has 0 amide bonds. The van der Waals surface area contributed by atoms with Crippen molar-refractivity contribution < 1.29 is 0 Å². The van der Waals surface area contributed by atoms with Crippen LogP contribution in [-0.2, 0) is 0 Å². The zero-order valence-electron chi connectivity index (χ0n) is 12.0. The van der Waals surface area contributed by atoms with Crippen LogP contribution in [0, 0.1) is 6.92 Å². The van der Waals surface area contributed by atoms with Gasteiger partial charge in [-0.3, -0.25) is 4.98 Å². The van der Waals surface area contributed by atoms with Gasteiger partial charge in [0.1, 0.15) is 5.82 Å². The highest BCUT2D eigenvalue weighted by Gasteiger charge is 2.09. The molecule has 0 atom stereocenters. The van der Waals surface area contributed by atoms with E-state index in [1.54, 1.807) is 6.20 Å². The second-order valence-electron chi connectivity index (χ2n) is 4.77. The zero-order valence-corrected chi connectivity index (χ0v) is 12.0. The average Bonchev–Trinajstić information content (AvgIpc) is 2.55. The van der Waals surface area contributed by atoms with E-state index in [4.69, 9.17) is 4.98 Å². The number of anilines is 1. The summed E-state index contributed by atoms with van der Waals surface area (Å²) in [5.41, 5.74) is 4.06. The molecular formula is C17H16N4. The van der Waals surface area contributed by atoms with Crippen molar-refractivity contribution in [2.24, 2.45) is 0 Å². The minimum atomic E-state index is 0.716. The van der Waals surface area contributed by atoms with Gasteiger partial charge < -0.3 is 5.32 Å². The van der Waals surface area contributed by atoms with Gasteiger partial charge in [0.2, 0.25) is 0 Å². The number of rotatable bonds is 3. The Balaban J connectivity index is 2.17. The molecule has 3 aromatic rings. The van der Waals surface area contributed by atoms with Crippen LogP contribution in [0.2, 0.25) is 0 Å². The van der Waals surface area contributed by atoms with Crippen molar-refractivity contribution in [1.82, 2.24) is 15.0 Å². The molecule has 1 N–H and O–H groups in total. The Morgan fingerprint density at radius 2 is 1.81 bits per heavy atom. The summed E-state index contributed by atoms with van der Waals surface area (Å²) in [6, 6.07) is 13.9. The van der Waals surface area contributed by atoms with E-state index < -0.39 is 0 Å². The van der Waals surface area contributed by atoms with Gasteiger partial charge in [-0.25, -0.2) is 9.97 Å². The maximum absolute atomic E-state index is 4.70. The monoisotopic (exact) mass is 276 g/mol. The number of pyridine rings is 1.